The molecule has 0 bridgehead atoms. The molecule has 0 aliphatic carbocycles. The Hall–Kier alpha value is -1.27. The molecule has 1 atom stereocenters. The number of rotatable bonds is 6. The molecule has 6 heteroatoms. The molecule has 1 unspecified atom stereocenters. The van der Waals surface area contributed by atoms with Gasteiger partial charge in [0.2, 0.25) is 0 Å². The van der Waals surface area contributed by atoms with Gasteiger partial charge < -0.3 is 5.32 Å². The van der Waals surface area contributed by atoms with Crippen molar-refractivity contribution in [1.82, 2.24) is 25.5 Å². The molecule has 1 N–H and O–H groups in total. The van der Waals surface area contributed by atoms with Gasteiger partial charge in [0.1, 0.15) is 0 Å². The molecule has 0 fully saturated rings. The van der Waals surface area contributed by atoms with Crippen LogP contribution in [0.25, 0.3) is 0 Å². The van der Waals surface area contributed by atoms with Crippen molar-refractivity contribution < 1.29 is 0 Å². The molecule has 0 aromatic carbocycles. The zero-order valence-corrected chi connectivity index (χ0v) is 13.4. The van der Waals surface area contributed by atoms with Crippen molar-refractivity contribution in [1.29, 1.82) is 0 Å². The van der Waals surface area contributed by atoms with Gasteiger partial charge in [0.15, 0.2) is 5.82 Å². The lowest BCUT2D eigenvalue weighted by Gasteiger charge is -2.30. The predicted molar refractivity (Wildman–Crippen MR) is 81.5 cm³/mol. The largest absolute Gasteiger partial charge is 0.302 e. The van der Waals surface area contributed by atoms with E-state index < -0.39 is 0 Å². The van der Waals surface area contributed by atoms with Crippen molar-refractivity contribution in [2.24, 2.45) is 5.41 Å². The second kappa shape index (κ2) is 6.45. The summed E-state index contributed by atoms with van der Waals surface area (Å²) < 4.78 is 1.88. The fourth-order valence-electron chi connectivity index (χ4n) is 2.22. The van der Waals surface area contributed by atoms with Crippen molar-refractivity contribution in [2.45, 2.75) is 53.2 Å². The third kappa shape index (κ3) is 3.64. The zero-order chi connectivity index (χ0) is 14.6. The van der Waals surface area contributed by atoms with E-state index in [1.165, 1.54) is 4.88 Å². The Morgan fingerprint density at radius 3 is 2.80 bits per heavy atom. The van der Waals surface area contributed by atoms with E-state index in [9.17, 15) is 0 Å². The summed E-state index contributed by atoms with van der Waals surface area (Å²) in [7, 11) is 0. The maximum Gasteiger partial charge on any atom is 0.165 e. The van der Waals surface area contributed by atoms with Crippen LogP contribution in [0.15, 0.2) is 17.5 Å². The zero-order valence-electron chi connectivity index (χ0n) is 12.6. The first-order valence-corrected chi connectivity index (χ1v) is 7.92. The fraction of sp³-hybridized carbons (Fsp3) is 0.643. The number of tetrazole rings is 1. The third-order valence-corrected chi connectivity index (χ3v) is 4.14. The molecule has 2 heterocycles. The maximum atomic E-state index is 4.11. The number of hydrogen-bond donors (Lipinski definition) is 1. The van der Waals surface area contributed by atoms with Crippen molar-refractivity contribution >= 4 is 11.3 Å². The van der Waals surface area contributed by atoms with Gasteiger partial charge in [-0.25, -0.2) is 4.68 Å². The summed E-state index contributed by atoms with van der Waals surface area (Å²) in [5, 5.41) is 17.6. The van der Waals surface area contributed by atoms with Crippen molar-refractivity contribution in [3.8, 4) is 0 Å². The van der Waals surface area contributed by atoms with E-state index in [-0.39, 0.29) is 5.41 Å². The summed E-state index contributed by atoms with van der Waals surface area (Å²) in [4.78, 5) is 1.35. The molecule has 0 amide bonds. The lowest BCUT2D eigenvalue weighted by Crippen LogP contribution is -2.32. The highest BCUT2D eigenvalue weighted by molar-refractivity contribution is 7.10. The van der Waals surface area contributed by atoms with E-state index >= 15 is 0 Å². The van der Waals surface area contributed by atoms with Crippen molar-refractivity contribution in [3.63, 3.8) is 0 Å². The maximum absolute atomic E-state index is 4.11. The summed E-state index contributed by atoms with van der Waals surface area (Å²) in [5.41, 5.74) is 0.147. The second-order valence-electron chi connectivity index (χ2n) is 6.01. The van der Waals surface area contributed by atoms with Crippen LogP contribution < -0.4 is 5.32 Å². The van der Waals surface area contributed by atoms with Gasteiger partial charge in [0.05, 0.1) is 6.54 Å². The minimum absolute atomic E-state index is 0.147. The number of hydrogen-bond acceptors (Lipinski definition) is 5. The minimum Gasteiger partial charge on any atom is -0.302 e. The second-order valence-corrected chi connectivity index (χ2v) is 6.99. The van der Waals surface area contributed by atoms with Crippen LogP contribution in [-0.4, -0.2) is 20.2 Å². The van der Waals surface area contributed by atoms with Gasteiger partial charge in [0, 0.05) is 17.5 Å². The van der Waals surface area contributed by atoms with Gasteiger partial charge in [-0.1, -0.05) is 33.8 Å². The number of thiophene rings is 1. The Labute approximate surface area is 124 Å². The monoisotopic (exact) mass is 293 g/mol. The molecular formula is C14H23N5S. The third-order valence-electron chi connectivity index (χ3n) is 3.20. The van der Waals surface area contributed by atoms with Crippen LogP contribution in [0.4, 0.5) is 0 Å². The van der Waals surface area contributed by atoms with Crippen LogP contribution in [0, 0.1) is 5.41 Å². The predicted octanol–water partition coefficient (Wildman–Crippen LogP) is 3.02. The van der Waals surface area contributed by atoms with Crippen LogP contribution in [-0.2, 0) is 13.1 Å². The summed E-state index contributed by atoms with van der Waals surface area (Å²) >= 11 is 1.79. The quantitative estimate of drug-likeness (QED) is 0.889. The van der Waals surface area contributed by atoms with E-state index in [1.54, 1.807) is 11.3 Å². The average molecular weight is 293 g/mol. The highest BCUT2D eigenvalue weighted by atomic mass is 32.1. The molecule has 0 saturated heterocycles. The van der Waals surface area contributed by atoms with Crippen molar-refractivity contribution in [2.75, 3.05) is 0 Å². The molecule has 0 radical (unpaired) electrons. The Balaban J connectivity index is 2.08. The first-order valence-electron chi connectivity index (χ1n) is 7.04. The highest BCUT2D eigenvalue weighted by Crippen LogP contribution is 2.35. The summed E-state index contributed by atoms with van der Waals surface area (Å²) in [6, 6.07) is 4.58. The fourth-order valence-corrected chi connectivity index (χ4v) is 3.26. The van der Waals surface area contributed by atoms with E-state index in [1.807, 2.05) is 4.68 Å². The van der Waals surface area contributed by atoms with Gasteiger partial charge in [-0.2, -0.15) is 0 Å². The Morgan fingerprint density at radius 2 is 2.20 bits per heavy atom. The molecule has 2 aromatic heterocycles. The van der Waals surface area contributed by atoms with E-state index in [4.69, 9.17) is 0 Å². The number of aryl methyl sites for hydroxylation is 1. The van der Waals surface area contributed by atoms with Crippen molar-refractivity contribution in [3.05, 3.63) is 28.2 Å². The van der Waals surface area contributed by atoms with Crippen LogP contribution in [0.2, 0.25) is 0 Å². The van der Waals surface area contributed by atoms with E-state index in [0.29, 0.717) is 12.6 Å². The molecule has 0 saturated carbocycles. The Kier molecular flexibility index (Phi) is 4.88. The number of aromatic nitrogens is 4. The standard InChI is InChI=1S/C14H23N5S/c1-5-8-19-12(16-17-18-19)10-15-13(14(2,3)4)11-7-6-9-20-11/h6-7,9,13,15H,5,8,10H2,1-4H3. The summed E-state index contributed by atoms with van der Waals surface area (Å²) in [6.07, 6.45) is 1.03. The molecule has 0 aliphatic rings. The lowest BCUT2D eigenvalue weighted by atomic mass is 9.86. The molecule has 2 rings (SSSR count). The molecule has 0 spiro atoms. The molecule has 2 aromatic rings. The van der Waals surface area contributed by atoms with Crippen LogP contribution in [0.5, 0.6) is 0 Å². The average Bonchev–Trinajstić information content (AvgIpc) is 3.00. The van der Waals surface area contributed by atoms with E-state index in [0.717, 1.165) is 18.8 Å². The molecule has 110 valence electrons. The normalized spacial score (nSPS) is 13.6. The lowest BCUT2D eigenvalue weighted by molar-refractivity contribution is 0.271. The SMILES string of the molecule is CCCn1nnnc1CNC(c1cccs1)C(C)(C)C. The van der Waals surface area contributed by atoms with Crippen LogP contribution in [0.1, 0.15) is 50.9 Å². The number of nitrogens with one attached hydrogen (secondary N) is 1. The number of nitrogens with zero attached hydrogens (tertiary/aromatic N) is 4. The summed E-state index contributed by atoms with van der Waals surface area (Å²) in [5.74, 6) is 0.901. The first-order chi connectivity index (χ1) is 9.52. The van der Waals surface area contributed by atoms with E-state index in [2.05, 4.69) is 66.0 Å². The molecular weight excluding hydrogens is 270 g/mol. The molecule has 20 heavy (non-hydrogen) atoms. The summed E-state index contributed by atoms with van der Waals surface area (Å²) in [6.45, 7) is 10.4. The minimum atomic E-state index is 0.147. The highest BCUT2D eigenvalue weighted by Gasteiger charge is 2.27. The molecule has 5 nitrogen and oxygen atoms in total. The van der Waals surface area contributed by atoms with Gasteiger partial charge in [-0.15, -0.1) is 16.4 Å². The molecule has 0 aliphatic heterocycles. The Morgan fingerprint density at radius 1 is 1.40 bits per heavy atom. The van der Waals surface area contributed by atoms with Gasteiger partial charge in [0.25, 0.3) is 0 Å². The van der Waals surface area contributed by atoms with Crippen LogP contribution in [0.3, 0.4) is 0 Å². The smallest absolute Gasteiger partial charge is 0.165 e. The first kappa shape index (κ1) is 15.1. The topological polar surface area (TPSA) is 55.6 Å². The van der Waals surface area contributed by atoms with Crippen LogP contribution >= 0.6 is 11.3 Å². The van der Waals surface area contributed by atoms with Gasteiger partial charge in [-0.05, 0) is 33.7 Å². The Bertz CT molecular complexity index is 512. The van der Waals surface area contributed by atoms with Gasteiger partial charge in [-0.3, -0.25) is 0 Å². The van der Waals surface area contributed by atoms with Gasteiger partial charge >= 0.3 is 0 Å².